The normalized spacial score (nSPS) is 14.0. The summed E-state index contributed by atoms with van der Waals surface area (Å²) in [5.41, 5.74) is 8.56. The fourth-order valence-corrected chi connectivity index (χ4v) is 4.12. The van der Waals surface area contributed by atoms with E-state index in [9.17, 15) is 9.59 Å². The third-order valence-electron chi connectivity index (χ3n) is 5.92. The number of nitrogens with one attached hydrogen (secondary N) is 1. The van der Waals surface area contributed by atoms with Crippen molar-refractivity contribution in [1.82, 2.24) is 9.80 Å². The van der Waals surface area contributed by atoms with Gasteiger partial charge in [-0.1, -0.05) is 42.5 Å². The van der Waals surface area contributed by atoms with Crippen molar-refractivity contribution in [3.8, 4) is 0 Å². The van der Waals surface area contributed by atoms with Crippen LogP contribution in [0, 0.1) is 0 Å². The number of benzene rings is 2. The minimum atomic E-state index is -0.677. The number of hydrogen-bond acceptors (Lipinski definition) is 3. The largest absolute Gasteiger partial charge is 0.351 e. The first-order valence-corrected chi connectivity index (χ1v) is 10.8. The van der Waals surface area contributed by atoms with Crippen molar-refractivity contribution in [2.75, 3.05) is 32.0 Å². The van der Waals surface area contributed by atoms with Crippen LogP contribution in [0.25, 0.3) is 0 Å². The Labute approximate surface area is 196 Å². The van der Waals surface area contributed by atoms with Gasteiger partial charge in [0.05, 0.1) is 11.3 Å². The zero-order chi connectivity index (χ0) is 22.2. The Hall–Kier alpha value is -2.83. The fourth-order valence-electron chi connectivity index (χ4n) is 4.12. The van der Waals surface area contributed by atoms with E-state index in [0.29, 0.717) is 36.8 Å². The summed E-state index contributed by atoms with van der Waals surface area (Å²) in [7, 11) is 2.16. The van der Waals surface area contributed by atoms with Crippen molar-refractivity contribution < 1.29 is 9.59 Å². The van der Waals surface area contributed by atoms with Crippen molar-refractivity contribution in [3.63, 3.8) is 0 Å². The maximum Gasteiger partial charge on any atom is 0.316 e. The molecule has 0 aromatic heterocycles. The van der Waals surface area contributed by atoms with E-state index in [1.807, 2.05) is 17.0 Å². The molecule has 2 aromatic carbocycles. The molecule has 172 valence electrons. The lowest BCUT2D eigenvalue weighted by Gasteiger charge is -2.37. The molecule has 1 aliphatic rings. The number of amides is 3. The highest BCUT2D eigenvalue weighted by molar-refractivity contribution is 6.03. The van der Waals surface area contributed by atoms with Crippen molar-refractivity contribution in [3.05, 3.63) is 77.9 Å². The highest BCUT2D eigenvalue weighted by Gasteiger charge is 2.27. The number of carbonyl (C=O) groups excluding carboxylic acids is 2. The Morgan fingerprint density at radius 3 is 2.47 bits per heavy atom. The average molecular weight is 457 g/mol. The molecule has 32 heavy (non-hydrogen) atoms. The summed E-state index contributed by atoms with van der Waals surface area (Å²) in [5.74, 6) is -0.0701. The molecule has 0 radical (unpaired) electrons. The van der Waals surface area contributed by atoms with E-state index in [1.54, 1.807) is 18.2 Å². The third-order valence-corrected chi connectivity index (χ3v) is 5.92. The van der Waals surface area contributed by atoms with Gasteiger partial charge in [-0.2, -0.15) is 0 Å². The summed E-state index contributed by atoms with van der Waals surface area (Å²) < 4.78 is 0. The van der Waals surface area contributed by atoms with E-state index in [-0.39, 0.29) is 18.3 Å². The third kappa shape index (κ3) is 6.84. The summed E-state index contributed by atoms with van der Waals surface area (Å²) in [4.78, 5) is 28.9. The van der Waals surface area contributed by atoms with E-state index in [1.165, 1.54) is 5.56 Å². The average Bonchev–Trinajstić information content (AvgIpc) is 2.78. The van der Waals surface area contributed by atoms with Crippen LogP contribution in [-0.4, -0.2) is 54.5 Å². The zero-order valence-electron chi connectivity index (χ0n) is 18.6. The molecule has 2 aromatic rings. The summed E-state index contributed by atoms with van der Waals surface area (Å²) in [6.45, 7) is 6.13. The molecule has 7 heteroatoms. The second kappa shape index (κ2) is 12.3. The monoisotopic (exact) mass is 456 g/mol. The highest BCUT2D eigenvalue weighted by Crippen LogP contribution is 2.23. The SMILES string of the molecule is C=CCc1ccc(C(=O)N2CCC(N(C)CCc3ccccc3)CC2)c(NC(N)=O)c1.Cl. The molecule has 0 saturated carbocycles. The van der Waals surface area contributed by atoms with Crippen LogP contribution in [0.1, 0.15) is 34.3 Å². The van der Waals surface area contributed by atoms with Gasteiger partial charge in [-0.05, 0) is 56.0 Å². The molecule has 1 aliphatic heterocycles. The summed E-state index contributed by atoms with van der Waals surface area (Å²) in [6.07, 6.45) is 5.33. The molecule has 0 atom stereocenters. The van der Waals surface area contributed by atoms with Gasteiger partial charge >= 0.3 is 6.03 Å². The van der Waals surface area contributed by atoms with Gasteiger partial charge in [0.2, 0.25) is 0 Å². The quantitative estimate of drug-likeness (QED) is 0.587. The number of nitrogens with zero attached hydrogens (tertiary/aromatic N) is 2. The number of hydrogen-bond donors (Lipinski definition) is 2. The predicted octanol–water partition coefficient (Wildman–Crippen LogP) is 4.11. The van der Waals surface area contributed by atoms with E-state index in [0.717, 1.165) is 31.4 Å². The lowest BCUT2D eigenvalue weighted by molar-refractivity contribution is 0.0648. The lowest BCUT2D eigenvalue weighted by atomic mass is 10.0. The van der Waals surface area contributed by atoms with Gasteiger partial charge in [-0.15, -0.1) is 19.0 Å². The van der Waals surface area contributed by atoms with E-state index in [2.05, 4.69) is 48.1 Å². The number of anilines is 1. The molecule has 1 saturated heterocycles. The number of piperidine rings is 1. The Bertz CT molecular complexity index is 911. The second-order valence-electron chi connectivity index (χ2n) is 8.10. The lowest BCUT2D eigenvalue weighted by Crippen LogP contribution is -2.46. The standard InChI is InChI=1S/C25H32N4O2.ClH/c1-3-7-20-10-11-22(23(18-20)27-25(26)31)24(30)29-16-13-21(14-17-29)28(2)15-12-19-8-5-4-6-9-19;/h3-6,8-11,18,21H,1,7,12-17H2,2H3,(H3,26,27,31);1H. The first-order chi connectivity index (χ1) is 15.0. The van der Waals surface area contributed by atoms with Crippen molar-refractivity contribution >= 4 is 30.0 Å². The highest BCUT2D eigenvalue weighted by atomic mass is 35.5. The number of allylic oxidation sites excluding steroid dienone is 1. The number of urea groups is 1. The van der Waals surface area contributed by atoms with Crippen LogP contribution in [0.15, 0.2) is 61.2 Å². The molecule has 3 N–H and O–H groups in total. The van der Waals surface area contributed by atoms with Gasteiger partial charge in [0, 0.05) is 25.7 Å². The number of nitrogens with two attached hydrogens (primary N) is 1. The molecule has 1 heterocycles. The van der Waals surface area contributed by atoms with Crippen molar-refractivity contribution in [2.24, 2.45) is 5.73 Å². The van der Waals surface area contributed by atoms with E-state index >= 15 is 0 Å². The van der Waals surface area contributed by atoms with E-state index in [4.69, 9.17) is 5.73 Å². The van der Waals surface area contributed by atoms with Crippen LogP contribution in [0.4, 0.5) is 10.5 Å². The first-order valence-electron chi connectivity index (χ1n) is 10.8. The zero-order valence-corrected chi connectivity index (χ0v) is 19.4. The number of halogens is 1. The fraction of sp³-hybridized carbons (Fsp3) is 0.360. The summed E-state index contributed by atoms with van der Waals surface area (Å²) in [6, 6.07) is 15.8. The number of likely N-dealkylation sites (N-methyl/N-ethyl adjacent to an activating group) is 1. The van der Waals surface area contributed by atoms with Crippen LogP contribution in [-0.2, 0) is 12.8 Å². The number of carbonyl (C=O) groups is 2. The maximum atomic E-state index is 13.2. The van der Waals surface area contributed by atoms with Crippen LogP contribution < -0.4 is 11.1 Å². The maximum absolute atomic E-state index is 13.2. The van der Waals surface area contributed by atoms with Gasteiger partial charge in [0.1, 0.15) is 0 Å². The summed E-state index contributed by atoms with van der Waals surface area (Å²) >= 11 is 0. The van der Waals surface area contributed by atoms with Crippen molar-refractivity contribution in [2.45, 2.75) is 31.7 Å². The van der Waals surface area contributed by atoms with Gasteiger partial charge in [0.15, 0.2) is 0 Å². The molecule has 0 aliphatic carbocycles. The molecule has 3 rings (SSSR count). The van der Waals surface area contributed by atoms with Gasteiger partial charge in [-0.25, -0.2) is 4.79 Å². The number of likely N-dealkylation sites (tertiary alicyclic amines) is 1. The van der Waals surface area contributed by atoms with Crippen LogP contribution in [0.5, 0.6) is 0 Å². The minimum absolute atomic E-state index is 0. The molecule has 1 fully saturated rings. The van der Waals surface area contributed by atoms with Gasteiger partial charge < -0.3 is 20.9 Å². The molecular weight excluding hydrogens is 424 g/mol. The van der Waals surface area contributed by atoms with Crippen LogP contribution in [0.3, 0.4) is 0 Å². The van der Waals surface area contributed by atoms with Gasteiger partial charge in [0.25, 0.3) is 5.91 Å². The first kappa shape index (κ1) is 25.4. The van der Waals surface area contributed by atoms with E-state index < -0.39 is 6.03 Å². The Morgan fingerprint density at radius 2 is 1.84 bits per heavy atom. The topological polar surface area (TPSA) is 78.7 Å². The molecule has 6 nitrogen and oxygen atoms in total. The van der Waals surface area contributed by atoms with Crippen molar-refractivity contribution in [1.29, 1.82) is 0 Å². The van der Waals surface area contributed by atoms with Gasteiger partial charge in [-0.3, -0.25) is 4.79 Å². The molecular formula is C25H33ClN4O2. The second-order valence-corrected chi connectivity index (χ2v) is 8.10. The van der Waals surface area contributed by atoms with Crippen LogP contribution >= 0.6 is 12.4 Å². The molecule has 0 unspecified atom stereocenters. The summed E-state index contributed by atoms with van der Waals surface area (Å²) in [5, 5.41) is 2.60. The Kier molecular flexibility index (Phi) is 9.75. The molecule has 0 bridgehead atoms. The number of primary amides is 1. The molecule has 3 amide bonds. The smallest absolute Gasteiger partial charge is 0.316 e. The predicted molar refractivity (Wildman–Crippen MR) is 132 cm³/mol. The Morgan fingerprint density at radius 1 is 1.16 bits per heavy atom. The minimum Gasteiger partial charge on any atom is -0.351 e. The Balaban J connectivity index is 0.00000363. The molecule has 0 spiro atoms. The van der Waals surface area contributed by atoms with Crippen LogP contribution in [0.2, 0.25) is 0 Å². The number of rotatable bonds is 8.